The lowest BCUT2D eigenvalue weighted by Crippen LogP contribution is -2.41. The van der Waals surface area contributed by atoms with Crippen molar-refractivity contribution in [2.75, 3.05) is 38.1 Å². The Labute approximate surface area is 182 Å². The molecule has 2 N–H and O–H groups in total. The van der Waals surface area contributed by atoms with Crippen molar-refractivity contribution in [1.82, 2.24) is 19.9 Å². The van der Waals surface area contributed by atoms with Crippen LogP contribution in [0.1, 0.15) is 35.2 Å². The predicted octanol–water partition coefficient (Wildman–Crippen LogP) is 3.13. The van der Waals surface area contributed by atoms with Gasteiger partial charge in [-0.05, 0) is 68.1 Å². The largest absolute Gasteiger partial charge is 0.371 e. The Hall–Kier alpha value is -2.90. The highest BCUT2D eigenvalue weighted by Gasteiger charge is 2.39. The lowest BCUT2D eigenvalue weighted by molar-refractivity contribution is 0.0706. The molecule has 0 radical (unpaired) electrons. The van der Waals surface area contributed by atoms with Gasteiger partial charge in [0.15, 0.2) is 0 Å². The summed E-state index contributed by atoms with van der Waals surface area (Å²) in [5.41, 5.74) is 5.95. The molecule has 31 heavy (non-hydrogen) atoms. The molecule has 0 atom stereocenters. The van der Waals surface area contributed by atoms with Crippen LogP contribution in [0.15, 0.2) is 48.8 Å². The van der Waals surface area contributed by atoms with E-state index in [4.69, 9.17) is 5.21 Å². The summed E-state index contributed by atoms with van der Waals surface area (Å²) in [6.07, 6.45) is 7.85. The van der Waals surface area contributed by atoms with Crippen molar-refractivity contribution in [3.8, 4) is 0 Å². The van der Waals surface area contributed by atoms with Gasteiger partial charge < -0.3 is 14.4 Å². The lowest BCUT2D eigenvalue weighted by Gasteiger charge is -2.40. The molecule has 2 aromatic heterocycles. The first-order valence-corrected chi connectivity index (χ1v) is 11.0. The standard InChI is InChI=1S/C24H29N5O2/c1-27-13-8-24(17-27)9-14-28(15-10-24)21-6-11-25-22-20(21)7-12-29(22)16-18-2-4-19(5-3-18)23(30)26-31/h2-7,11-12,31H,8-10,13-17H2,1H3,(H,26,30). The van der Waals surface area contributed by atoms with Crippen molar-refractivity contribution in [2.45, 2.75) is 25.8 Å². The van der Waals surface area contributed by atoms with E-state index in [1.54, 1.807) is 17.6 Å². The molecule has 4 heterocycles. The summed E-state index contributed by atoms with van der Waals surface area (Å²) < 4.78 is 2.15. The summed E-state index contributed by atoms with van der Waals surface area (Å²) >= 11 is 0. The fourth-order valence-corrected chi connectivity index (χ4v) is 5.29. The Bertz CT molecular complexity index is 1080. The second-order valence-corrected chi connectivity index (χ2v) is 9.12. The monoisotopic (exact) mass is 419 g/mol. The van der Waals surface area contributed by atoms with Gasteiger partial charge in [0.05, 0.1) is 0 Å². The topological polar surface area (TPSA) is 73.6 Å². The molecular weight excluding hydrogens is 390 g/mol. The van der Waals surface area contributed by atoms with Crippen LogP contribution in [0.5, 0.6) is 0 Å². The van der Waals surface area contributed by atoms with Crippen LogP contribution in [0, 0.1) is 5.41 Å². The van der Waals surface area contributed by atoms with Gasteiger partial charge in [-0.1, -0.05) is 12.1 Å². The number of carbonyl (C=O) groups is 1. The number of nitrogens with one attached hydrogen (secondary N) is 1. The van der Waals surface area contributed by atoms with Crippen molar-refractivity contribution in [3.05, 3.63) is 59.9 Å². The number of likely N-dealkylation sites (tertiary alicyclic amines) is 1. The number of pyridine rings is 1. The van der Waals surface area contributed by atoms with Crippen LogP contribution in [0.25, 0.3) is 11.0 Å². The van der Waals surface area contributed by atoms with Gasteiger partial charge in [-0.15, -0.1) is 0 Å². The molecule has 5 rings (SSSR count). The molecule has 0 unspecified atom stereocenters. The van der Waals surface area contributed by atoms with E-state index in [1.165, 1.54) is 43.4 Å². The molecule has 2 aliphatic heterocycles. The number of fused-ring (bicyclic) bond motifs is 1. The Morgan fingerprint density at radius 1 is 1.10 bits per heavy atom. The van der Waals surface area contributed by atoms with Crippen LogP contribution < -0.4 is 10.4 Å². The van der Waals surface area contributed by atoms with Crippen LogP contribution in [0.3, 0.4) is 0 Å². The third-order valence-electron chi connectivity index (χ3n) is 7.10. The minimum Gasteiger partial charge on any atom is -0.371 e. The maximum Gasteiger partial charge on any atom is 0.274 e. The molecule has 0 bridgehead atoms. The summed E-state index contributed by atoms with van der Waals surface area (Å²) in [5, 5.41) is 9.96. The zero-order chi connectivity index (χ0) is 21.4. The molecule has 162 valence electrons. The quantitative estimate of drug-likeness (QED) is 0.502. The Balaban J connectivity index is 1.34. The normalized spacial score (nSPS) is 18.7. The van der Waals surface area contributed by atoms with Crippen LogP contribution >= 0.6 is 0 Å². The molecule has 7 heteroatoms. The average molecular weight is 420 g/mol. The van der Waals surface area contributed by atoms with Crippen LogP contribution in [-0.2, 0) is 6.54 Å². The molecule has 1 aromatic carbocycles. The molecule has 1 spiro atoms. The number of hydrogen-bond donors (Lipinski definition) is 2. The summed E-state index contributed by atoms with van der Waals surface area (Å²) in [4.78, 5) is 21.2. The van der Waals surface area contributed by atoms with E-state index in [2.05, 4.69) is 44.7 Å². The van der Waals surface area contributed by atoms with Gasteiger partial charge in [0, 0.05) is 55.2 Å². The number of carbonyl (C=O) groups excluding carboxylic acids is 1. The van der Waals surface area contributed by atoms with Gasteiger partial charge >= 0.3 is 0 Å². The lowest BCUT2D eigenvalue weighted by atomic mass is 9.77. The second kappa shape index (κ2) is 7.98. The summed E-state index contributed by atoms with van der Waals surface area (Å²) in [7, 11) is 2.24. The molecule has 2 saturated heterocycles. The highest BCUT2D eigenvalue weighted by Crippen LogP contribution is 2.41. The maximum atomic E-state index is 11.5. The summed E-state index contributed by atoms with van der Waals surface area (Å²) in [5.74, 6) is -0.503. The highest BCUT2D eigenvalue weighted by molar-refractivity contribution is 5.93. The summed E-state index contributed by atoms with van der Waals surface area (Å²) in [6, 6.07) is 11.6. The van der Waals surface area contributed by atoms with E-state index in [1.807, 2.05) is 18.3 Å². The smallest absolute Gasteiger partial charge is 0.274 e. The van der Waals surface area contributed by atoms with Crippen molar-refractivity contribution in [2.24, 2.45) is 5.41 Å². The number of benzene rings is 1. The third kappa shape index (κ3) is 3.79. The molecule has 1 amide bonds. The van der Waals surface area contributed by atoms with E-state index in [0.29, 0.717) is 17.5 Å². The number of hydrogen-bond acceptors (Lipinski definition) is 5. The number of hydroxylamine groups is 1. The second-order valence-electron chi connectivity index (χ2n) is 9.12. The molecule has 7 nitrogen and oxygen atoms in total. The van der Waals surface area contributed by atoms with E-state index < -0.39 is 5.91 Å². The fourth-order valence-electron chi connectivity index (χ4n) is 5.29. The fraction of sp³-hybridized carbons (Fsp3) is 0.417. The van der Waals surface area contributed by atoms with E-state index in [9.17, 15) is 4.79 Å². The van der Waals surface area contributed by atoms with Gasteiger partial charge in [-0.3, -0.25) is 10.0 Å². The van der Waals surface area contributed by atoms with Crippen molar-refractivity contribution in [3.63, 3.8) is 0 Å². The van der Waals surface area contributed by atoms with E-state index in [-0.39, 0.29) is 0 Å². The minimum absolute atomic E-state index is 0.431. The first-order chi connectivity index (χ1) is 15.1. The van der Waals surface area contributed by atoms with Crippen LogP contribution in [-0.4, -0.2) is 58.8 Å². The number of rotatable bonds is 4. The Morgan fingerprint density at radius 2 is 1.84 bits per heavy atom. The summed E-state index contributed by atoms with van der Waals surface area (Å²) in [6.45, 7) is 5.35. The first kappa shape index (κ1) is 20.0. The van der Waals surface area contributed by atoms with Gasteiger partial charge in [0.1, 0.15) is 5.65 Å². The number of aromatic nitrogens is 2. The number of amides is 1. The van der Waals surface area contributed by atoms with Gasteiger partial charge in [-0.2, -0.15) is 0 Å². The zero-order valence-electron chi connectivity index (χ0n) is 17.9. The van der Waals surface area contributed by atoms with Crippen molar-refractivity contribution >= 4 is 22.6 Å². The van der Waals surface area contributed by atoms with E-state index >= 15 is 0 Å². The SMILES string of the molecule is CN1CCC2(CCN(c3ccnc4c3ccn4Cc3ccc(C(=O)NO)cc3)CC2)C1. The maximum absolute atomic E-state index is 11.5. The third-order valence-corrected chi connectivity index (χ3v) is 7.10. The van der Waals surface area contributed by atoms with Crippen molar-refractivity contribution < 1.29 is 10.0 Å². The van der Waals surface area contributed by atoms with Crippen LogP contribution in [0.2, 0.25) is 0 Å². The molecule has 0 saturated carbocycles. The Kier molecular flexibility index (Phi) is 5.16. The predicted molar refractivity (Wildman–Crippen MR) is 121 cm³/mol. The molecule has 2 aliphatic rings. The van der Waals surface area contributed by atoms with Gasteiger partial charge in [-0.25, -0.2) is 10.5 Å². The van der Waals surface area contributed by atoms with Gasteiger partial charge in [0.2, 0.25) is 0 Å². The first-order valence-electron chi connectivity index (χ1n) is 11.0. The van der Waals surface area contributed by atoms with E-state index in [0.717, 1.165) is 24.3 Å². The Morgan fingerprint density at radius 3 is 2.52 bits per heavy atom. The minimum atomic E-state index is -0.503. The number of nitrogens with zero attached hydrogens (tertiary/aromatic N) is 4. The molecule has 0 aliphatic carbocycles. The van der Waals surface area contributed by atoms with Crippen LogP contribution in [0.4, 0.5) is 5.69 Å². The zero-order valence-corrected chi connectivity index (χ0v) is 17.9. The molecular formula is C24H29N5O2. The molecule has 2 fully saturated rings. The van der Waals surface area contributed by atoms with Gasteiger partial charge in [0.25, 0.3) is 5.91 Å². The average Bonchev–Trinajstić information content (AvgIpc) is 3.38. The molecule has 3 aromatic rings. The number of anilines is 1. The highest BCUT2D eigenvalue weighted by atomic mass is 16.5. The van der Waals surface area contributed by atoms with Crippen molar-refractivity contribution in [1.29, 1.82) is 0 Å². The number of piperidine rings is 1.